The van der Waals surface area contributed by atoms with Crippen molar-refractivity contribution in [2.45, 2.75) is 6.92 Å². The molecule has 0 aliphatic rings. The van der Waals surface area contributed by atoms with Gasteiger partial charge in [-0.05, 0) is 19.1 Å². The first-order chi connectivity index (χ1) is 6.31. The van der Waals surface area contributed by atoms with Crippen molar-refractivity contribution in [1.82, 2.24) is 9.97 Å². The Hall–Kier alpha value is -0.910. The second-order valence-electron chi connectivity index (χ2n) is 2.72. The van der Waals surface area contributed by atoms with Gasteiger partial charge in [-0.15, -0.1) is 0 Å². The predicted molar refractivity (Wildman–Crippen MR) is 58.9 cm³/mol. The quantitative estimate of drug-likeness (QED) is 0.756. The van der Waals surface area contributed by atoms with Crippen LogP contribution >= 0.6 is 23.0 Å². The third-order valence-electron chi connectivity index (χ3n) is 1.90. The normalized spacial score (nSPS) is 10.3. The molecule has 1 heterocycles. The van der Waals surface area contributed by atoms with E-state index in [1.807, 2.05) is 48.1 Å². The van der Waals surface area contributed by atoms with Crippen LogP contribution in [-0.2, 0) is 0 Å². The standard InChI is InChI=1S/C9H7IN2O/c1-6-8-3-2-7(13-10)4-9(8)12-5-11-6/h2-5H,1H3. The fourth-order valence-corrected chi connectivity index (χ4v) is 1.49. The molecule has 2 rings (SSSR count). The Bertz CT molecular complexity index is 445. The molecule has 0 aliphatic carbocycles. The summed E-state index contributed by atoms with van der Waals surface area (Å²) >= 11 is 1.85. The zero-order valence-electron chi connectivity index (χ0n) is 6.99. The molecule has 0 fully saturated rings. The molecule has 0 radical (unpaired) electrons. The van der Waals surface area contributed by atoms with E-state index in [0.29, 0.717) is 0 Å². The SMILES string of the molecule is Cc1ncnc2cc(OI)ccc12. The molecule has 0 N–H and O–H groups in total. The van der Waals surface area contributed by atoms with Gasteiger partial charge in [-0.25, -0.2) is 9.97 Å². The molecular formula is C9H7IN2O. The van der Waals surface area contributed by atoms with Crippen LogP contribution in [0.2, 0.25) is 0 Å². The Morgan fingerprint density at radius 1 is 1.31 bits per heavy atom. The number of aromatic nitrogens is 2. The third kappa shape index (κ3) is 1.58. The molecule has 13 heavy (non-hydrogen) atoms. The summed E-state index contributed by atoms with van der Waals surface area (Å²) in [4.78, 5) is 8.27. The minimum Gasteiger partial charge on any atom is -0.428 e. The van der Waals surface area contributed by atoms with Crippen LogP contribution in [0, 0.1) is 6.92 Å². The molecule has 0 atom stereocenters. The Morgan fingerprint density at radius 2 is 2.15 bits per heavy atom. The molecule has 1 aromatic carbocycles. The van der Waals surface area contributed by atoms with Crippen LogP contribution in [0.4, 0.5) is 0 Å². The molecule has 0 aliphatic heterocycles. The van der Waals surface area contributed by atoms with Crippen molar-refractivity contribution in [1.29, 1.82) is 0 Å². The molecule has 0 bridgehead atoms. The molecule has 66 valence electrons. The van der Waals surface area contributed by atoms with E-state index in [1.54, 1.807) is 6.33 Å². The van der Waals surface area contributed by atoms with Crippen LogP contribution in [0.5, 0.6) is 5.75 Å². The molecule has 0 unspecified atom stereocenters. The maximum atomic E-state index is 5.07. The molecule has 0 saturated carbocycles. The van der Waals surface area contributed by atoms with E-state index in [-0.39, 0.29) is 0 Å². The number of hydrogen-bond acceptors (Lipinski definition) is 3. The van der Waals surface area contributed by atoms with Gasteiger partial charge in [0, 0.05) is 17.1 Å². The number of nitrogens with zero attached hydrogens (tertiary/aromatic N) is 2. The lowest BCUT2D eigenvalue weighted by Crippen LogP contribution is -1.87. The smallest absolute Gasteiger partial charge is 0.192 e. The first-order valence-corrected chi connectivity index (χ1v) is 4.69. The molecule has 3 nitrogen and oxygen atoms in total. The monoisotopic (exact) mass is 286 g/mol. The molecule has 0 amide bonds. The van der Waals surface area contributed by atoms with E-state index in [0.717, 1.165) is 22.3 Å². The van der Waals surface area contributed by atoms with E-state index < -0.39 is 0 Å². The highest BCUT2D eigenvalue weighted by molar-refractivity contribution is 14.1. The lowest BCUT2D eigenvalue weighted by molar-refractivity contribution is 0.718. The Balaban J connectivity index is 2.72. The lowest BCUT2D eigenvalue weighted by Gasteiger charge is -2.01. The van der Waals surface area contributed by atoms with Gasteiger partial charge in [-0.1, -0.05) is 0 Å². The Kier molecular flexibility index (Phi) is 2.30. The zero-order chi connectivity index (χ0) is 9.26. The summed E-state index contributed by atoms with van der Waals surface area (Å²) < 4.78 is 5.07. The van der Waals surface area contributed by atoms with Gasteiger partial charge in [0.25, 0.3) is 0 Å². The van der Waals surface area contributed by atoms with E-state index in [2.05, 4.69) is 9.97 Å². The van der Waals surface area contributed by atoms with Crippen LogP contribution < -0.4 is 3.07 Å². The largest absolute Gasteiger partial charge is 0.428 e. The summed E-state index contributed by atoms with van der Waals surface area (Å²) in [5.74, 6) is 0.811. The third-order valence-corrected chi connectivity index (χ3v) is 2.40. The molecule has 1 aromatic heterocycles. The van der Waals surface area contributed by atoms with Crippen LogP contribution in [-0.4, -0.2) is 9.97 Å². The molecule has 4 heteroatoms. The number of fused-ring (bicyclic) bond motifs is 1. The highest BCUT2D eigenvalue weighted by Gasteiger charge is 2.00. The van der Waals surface area contributed by atoms with Gasteiger partial charge in [-0.3, -0.25) is 0 Å². The summed E-state index contributed by atoms with van der Waals surface area (Å²) in [6.45, 7) is 1.97. The van der Waals surface area contributed by atoms with Crippen molar-refractivity contribution in [2.24, 2.45) is 0 Å². The average molecular weight is 286 g/mol. The van der Waals surface area contributed by atoms with Gasteiger partial charge in [0.1, 0.15) is 12.1 Å². The Labute approximate surface area is 89.8 Å². The molecule has 0 spiro atoms. The predicted octanol–water partition coefficient (Wildman–Crippen LogP) is 2.67. The van der Waals surface area contributed by atoms with Crippen molar-refractivity contribution in [3.63, 3.8) is 0 Å². The minimum absolute atomic E-state index is 0.811. The minimum atomic E-state index is 0.811. The number of aryl methyl sites for hydroxylation is 1. The van der Waals surface area contributed by atoms with Crippen molar-refractivity contribution >= 4 is 33.9 Å². The van der Waals surface area contributed by atoms with Crippen molar-refractivity contribution in [3.8, 4) is 5.75 Å². The van der Waals surface area contributed by atoms with Crippen LogP contribution in [0.1, 0.15) is 5.69 Å². The fraction of sp³-hybridized carbons (Fsp3) is 0.111. The Morgan fingerprint density at radius 3 is 2.92 bits per heavy atom. The van der Waals surface area contributed by atoms with Gasteiger partial charge < -0.3 is 3.07 Å². The topological polar surface area (TPSA) is 35.0 Å². The maximum Gasteiger partial charge on any atom is 0.192 e. The molecule has 0 saturated heterocycles. The van der Waals surface area contributed by atoms with Crippen LogP contribution in [0.25, 0.3) is 10.9 Å². The maximum absolute atomic E-state index is 5.07. The van der Waals surface area contributed by atoms with Crippen LogP contribution in [0.3, 0.4) is 0 Å². The van der Waals surface area contributed by atoms with Gasteiger partial charge in [-0.2, -0.15) is 0 Å². The van der Waals surface area contributed by atoms with Crippen LogP contribution in [0.15, 0.2) is 24.5 Å². The number of benzene rings is 1. The zero-order valence-corrected chi connectivity index (χ0v) is 9.15. The van der Waals surface area contributed by atoms with E-state index in [4.69, 9.17) is 3.07 Å². The van der Waals surface area contributed by atoms with E-state index in [9.17, 15) is 0 Å². The average Bonchev–Trinajstić information content (AvgIpc) is 2.18. The summed E-state index contributed by atoms with van der Waals surface area (Å²) in [5.41, 5.74) is 1.91. The first kappa shape index (κ1) is 8.68. The van der Waals surface area contributed by atoms with E-state index in [1.165, 1.54) is 0 Å². The van der Waals surface area contributed by atoms with Gasteiger partial charge in [0.15, 0.2) is 23.0 Å². The van der Waals surface area contributed by atoms with Gasteiger partial charge in [0.2, 0.25) is 0 Å². The van der Waals surface area contributed by atoms with Crippen molar-refractivity contribution in [2.75, 3.05) is 0 Å². The lowest BCUT2D eigenvalue weighted by atomic mass is 10.2. The van der Waals surface area contributed by atoms with E-state index >= 15 is 0 Å². The number of halogens is 1. The summed E-state index contributed by atoms with van der Waals surface area (Å²) in [6, 6.07) is 5.78. The second kappa shape index (κ2) is 3.45. The highest BCUT2D eigenvalue weighted by Crippen LogP contribution is 2.21. The van der Waals surface area contributed by atoms with Crippen molar-refractivity contribution in [3.05, 3.63) is 30.2 Å². The highest BCUT2D eigenvalue weighted by atomic mass is 127. The summed E-state index contributed by atoms with van der Waals surface area (Å²) in [6.07, 6.45) is 1.56. The summed E-state index contributed by atoms with van der Waals surface area (Å²) in [5, 5.41) is 1.07. The van der Waals surface area contributed by atoms with Gasteiger partial charge >= 0.3 is 0 Å². The number of hydrogen-bond donors (Lipinski definition) is 0. The molecule has 2 aromatic rings. The number of rotatable bonds is 1. The van der Waals surface area contributed by atoms with Crippen molar-refractivity contribution < 1.29 is 3.07 Å². The fourth-order valence-electron chi connectivity index (χ4n) is 1.22. The second-order valence-corrected chi connectivity index (χ2v) is 3.16. The summed E-state index contributed by atoms with van der Waals surface area (Å²) in [7, 11) is 0. The molecular weight excluding hydrogens is 279 g/mol. The van der Waals surface area contributed by atoms with Gasteiger partial charge in [0.05, 0.1) is 5.52 Å². The first-order valence-electron chi connectivity index (χ1n) is 3.81.